The molecule has 3 rings (SSSR count). The summed E-state index contributed by atoms with van der Waals surface area (Å²) < 4.78 is 0. The summed E-state index contributed by atoms with van der Waals surface area (Å²) in [6, 6.07) is 9.88. The van der Waals surface area contributed by atoms with Crippen molar-refractivity contribution in [3.63, 3.8) is 0 Å². The second-order valence-corrected chi connectivity index (χ2v) is 7.55. The number of nitrogens with zero attached hydrogens (tertiary/aromatic N) is 2. The molecule has 0 saturated heterocycles. The molecule has 0 unspecified atom stereocenters. The molecule has 0 bridgehead atoms. The van der Waals surface area contributed by atoms with Crippen LogP contribution in [-0.2, 0) is 12.8 Å². The molecule has 0 atom stereocenters. The van der Waals surface area contributed by atoms with Gasteiger partial charge in [-0.1, -0.05) is 44.6 Å². The summed E-state index contributed by atoms with van der Waals surface area (Å²) in [6.07, 6.45) is 10.9. The molecular formula is C24H26N2S. The van der Waals surface area contributed by atoms with Crippen LogP contribution in [0.5, 0.6) is 0 Å². The van der Waals surface area contributed by atoms with E-state index in [-0.39, 0.29) is 0 Å². The Morgan fingerprint density at radius 1 is 0.889 bits per heavy atom. The number of aromatic nitrogens is 2. The summed E-state index contributed by atoms with van der Waals surface area (Å²) in [5.74, 6) is 6.71. The van der Waals surface area contributed by atoms with Crippen molar-refractivity contribution in [2.24, 2.45) is 0 Å². The SMILES string of the molecule is CCCCc1csc(C#Cc2ccc(-c3ccccn3)nc2)c1CCCC. The van der Waals surface area contributed by atoms with Crippen molar-refractivity contribution in [1.82, 2.24) is 9.97 Å². The first-order valence-corrected chi connectivity index (χ1v) is 10.7. The number of hydrogen-bond acceptors (Lipinski definition) is 3. The fourth-order valence-electron chi connectivity index (χ4n) is 2.99. The molecule has 0 N–H and O–H groups in total. The number of aryl methyl sites for hydroxylation is 1. The van der Waals surface area contributed by atoms with Crippen molar-refractivity contribution in [3.05, 3.63) is 69.7 Å². The zero-order valence-corrected chi connectivity index (χ0v) is 17.0. The maximum atomic E-state index is 4.52. The van der Waals surface area contributed by atoms with Gasteiger partial charge in [0.15, 0.2) is 0 Å². The van der Waals surface area contributed by atoms with Crippen LogP contribution in [0.15, 0.2) is 48.1 Å². The number of unbranched alkanes of at least 4 members (excludes halogenated alkanes) is 2. The fourth-order valence-corrected chi connectivity index (χ4v) is 4.00. The molecule has 0 aliphatic carbocycles. The highest BCUT2D eigenvalue weighted by Crippen LogP contribution is 2.25. The van der Waals surface area contributed by atoms with Crippen molar-refractivity contribution in [3.8, 4) is 23.2 Å². The quantitative estimate of drug-likeness (QED) is 0.454. The lowest BCUT2D eigenvalue weighted by molar-refractivity contribution is 0.761. The standard InChI is InChI=1S/C24H26N2S/c1-3-5-9-20-18-27-24(21(20)10-6-4-2)15-13-19-12-14-23(26-17-19)22-11-7-8-16-25-22/h7-8,11-12,14,16-18H,3-6,9-10H2,1-2H3. The average molecular weight is 375 g/mol. The van der Waals surface area contributed by atoms with Gasteiger partial charge in [0, 0.05) is 18.0 Å². The second-order valence-electron chi connectivity index (χ2n) is 6.67. The Morgan fingerprint density at radius 2 is 1.70 bits per heavy atom. The van der Waals surface area contributed by atoms with Crippen LogP contribution in [0, 0.1) is 11.8 Å². The molecule has 0 amide bonds. The Bertz CT molecular complexity index is 899. The van der Waals surface area contributed by atoms with Crippen molar-refractivity contribution < 1.29 is 0 Å². The minimum absolute atomic E-state index is 0.878. The second kappa shape index (κ2) is 10.0. The summed E-state index contributed by atoms with van der Waals surface area (Å²) >= 11 is 1.79. The number of thiophene rings is 1. The summed E-state index contributed by atoms with van der Waals surface area (Å²) in [4.78, 5) is 10.1. The first-order valence-electron chi connectivity index (χ1n) is 9.80. The van der Waals surface area contributed by atoms with Gasteiger partial charge >= 0.3 is 0 Å². The zero-order chi connectivity index (χ0) is 18.9. The van der Waals surface area contributed by atoms with Crippen LogP contribution in [0.1, 0.15) is 61.1 Å². The van der Waals surface area contributed by atoms with Gasteiger partial charge in [-0.25, -0.2) is 0 Å². The molecule has 0 fully saturated rings. The number of hydrogen-bond donors (Lipinski definition) is 0. The van der Waals surface area contributed by atoms with Gasteiger partial charge in [0.2, 0.25) is 0 Å². The van der Waals surface area contributed by atoms with Gasteiger partial charge < -0.3 is 0 Å². The molecule has 2 nitrogen and oxygen atoms in total. The maximum Gasteiger partial charge on any atom is 0.0887 e. The molecular weight excluding hydrogens is 348 g/mol. The van der Waals surface area contributed by atoms with E-state index in [0.717, 1.165) is 23.4 Å². The monoisotopic (exact) mass is 374 g/mol. The van der Waals surface area contributed by atoms with Gasteiger partial charge in [0.05, 0.1) is 16.3 Å². The minimum Gasteiger partial charge on any atom is -0.255 e. The molecule has 3 heteroatoms. The first-order chi connectivity index (χ1) is 13.3. The maximum absolute atomic E-state index is 4.52. The first kappa shape index (κ1) is 19.3. The van der Waals surface area contributed by atoms with Gasteiger partial charge in [-0.2, -0.15) is 0 Å². The van der Waals surface area contributed by atoms with Crippen LogP contribution in [-0.4, -0.2) is 9.97 Å². The fraction of sp³-hybridized carbons (Fsp3) is 0.333. The van der Waals surface area contributed by atoms with E-state index in [1.54, 1.807) is 17.5 Å². The van der Waals surface area contributed by atoms with Gasteiger partial charge in [-0.3, -0.25) is 9.97 Å². The van der Waals surface area contributed by atoms with E-state index in [4.69, 9.17) is 0 Å². The number of rotatable bonds is 7. The lowest BCUT2D eigenvalue weighted by atomic mass is 10.0. The third kappa shape index (κ3) is 5.28. The summed E-state index contributed by atoms with van der Waals surface area (Å²) in [5, 5.41) is 2.31. The van der Waals surface area contributed by atoms with Crippen LogP contribution < -0.4 is 0 Å². The Labute approximate surface area is 166 Å². The molecule has 0 saturated carbocycles. The topological polar surface area (TPSA) is 25.8 Å². The molecule has 0 aliphatic heterocycles. The van der Waals surface area contributed by atoms with Crippen molar-refractivity contribution in [1.29, 1.82) is 0 Å². The van der Waals surface area contributed by atoms with Crippen LogP contribution >= 0.6 is 11.3 Å². The highest BCUT2D eigenvalue weighted by Gasteiger charge is 2.09. The van der Waals surface area contributed by atoms with Crippen molar-refractivity contribution >= 4 is 11.3 Å². The molecule has 27 heavy (non-hydrogen) atoms. The third-order valence-corrected chi connectivity index (χ3v) is 5.56. The summed E-state index contributed by atoms with van der Waals surface area (Å²) in [7, 11) is 0. The molecule has 0 aromatic carbocycles. The zero-order valence-electron chi connectivity index (χ0n) is 16.2. The van der Waals surface area contributed by atoms with E-state index in [0.29, 0.717) is 0 Å². The molecule has 3 aromatic rings. The molecule has 138 valence electrons. The molecule has 0 spiro atoms. The normalized spacial score (nSPS) is 10.4. The van der Waals surface area contributed by atoms with Crippen LogP contribution in [0.25, 0.3) is 11.4 Å². The van der Waals surface area contributed by atoms with E-state index in [1.165, 1.54) is 48.1 Å². The Morgan fingerprint density at radius 3 is 2.41 bits per heavy atom. The van der Waals surface area contributed by atoms with E-state index in [9.17, 15) is 0 Å². The molecule has 0 aliphatic rings. The lowest BCUT2D eigenvalue weighted by Gasteiger charge is -2.04. The predicted molar refractivity (Wildman–Crippen MR) is 115 cm³/mol. The van der Waals surface area contributed by atoms with Crippen molar-refractivity contribution in [2.45, 2.75) is 52.4 Å². The Balaban J connectivity index is 1.79. The Hall–Kier alpha value is -2.44. The van der Waals surface area contributed by atoms with Crippen LogP contribution in [0.3, 0.4) is 0 Å². The Kier molecular flexibility index (Phi) is 7.19. The van der Waals surface area contributed by atoms with E-state index in [2.05, 4.69) is 41.0 Å². The average Bonchev–Trinajstić information content (AvgIpc) is 3.11. The molecule has 3 aromatic heterocycles. The third-order valence-electron chi connectivity index (χ3n) is 4.57. The summed E-state index contributed by atoms with van der Waals surface area (Å²) in [5.41, 5.74) is 5.68. The van der Waals surface area contributed by atoms with Crippen LogP contribution in [0.4, 0.5) is 0 Å². The smallest absolute Gasteiger partial charge is 0.0887 e. The highest BCUT2D eigenvalue weighted by atomic mass is 32.1. The van der Waals surface area contributed by atoms with E-state index < -0.39 is 0 Å². The largest absolute Gasteiger partial charge is 0.255 e. The van der Waals surface area contributed by atoms with Gasteiger partial charge in [0.25, 0.3) is 0 Å². The number of pyridine rings is 2. The van der Waals surface area contributed by atoms with Gasteiger partial charge in [-0.05, 0) is 66.5 Å². The predicted octanol–water partition coefficient (Wildman–Crippen LogP) is 6.29. The van der Waals surface area contributed by atoms with Crippen LogP contribution in [0.2, 0.25) is 0 Å². The van der Waals surface area contributed by atoms with Crippen molar-refractivity contribution in [2.75, 3.05) is 0 Å². The van der Waals surface area contributed by atoms with Gasteiger partial charge in [0.1, 0.15) is 0 Å². The lowest BCUT2D eigenvalue weighted by Crippen LogP contribution is -1.93. The highest BCUT2D eigenvalue weighted by molar-refractivity contribution is 7.10. The minimum atomic E-state index is 0.878. The van der Waals surface area contributed by atoms with E-state index >= 15 is 0 Å². The summed E-state index contributed by atoms with van der Waals surface area (Å²) in [6.45, 7) is 4.50. The molecule has 0 radical (unpaired) electrons. The van der Waals surface area contributed by atoms with E-state index in [1.807, 2.05) is 36.5 Å². The van der Waals surface area contributed by atoms with Gasteiger partial charge in [-0.15, -0.1) is 11.3 Å². The molecule has 3 heterocycles.